The zero-order valence-corrected chi connectivity index (χ0v) is 9.96. The Labute approximate surface area is 104 Å². The summed E-state index contributed by atoms with van der Waals surface area (Å²) in [6, 6.07) is 3.80. The van der Waals surface area contributed by atoms with Crippen molar-refractivity contribution in [2.75, 3.05) is 13.6 Å². The zero-order chi connectivity index (χ0) is 13.7. The molecule has 1 rings (SSSR count). The first-order valence-electron chi connectivity index (χ1n) is 5.41. The quantitative estimate of drug-likeness (QED) is 0.681. The Hall–Kier alpha value is -2.24. The van der Waals surface area contributed by atoms with Crippen LogP contribution in [0.5, 0.6) is 11.5 Å². The summed E-state index contributed by atoms with van der Waals surface area (Å²) in [5, 5.41) is 26.9. The molecule has 0 heterocycles. The van der Waals surface area contributed by atoms with E-state index < -0.39 is 5.97 Å². The van der Waals surface area contributed by atoms with Crippen LogP contribution in [0.4, 0.5) is 0 Å². The highest BCUT2D eigenvalue weighted by Crippen LogP contribution is 2.25. The van der Waals surface area contributed by atoms with Gasteiger partial charge in [0.1, 0.15) is 0 Å². The first-order valence-corrected chi connectivity index (χ1v) is 5.41. The van der Waals surface area contributed by atoms with E-state index in [-0.39, 0.29) is 29.4 Å². The van der Waals surface area contributed by atoms with Gasteiger partial charge in [-0.05, 0) is 24.6 Å². The minimum Gasteiger partial charge on any atom is -0.504 e. The molecule has 0 spiro atoms. The minimum absolute atomic E-state index is 0.00154. The standard InChI is InChI=1S/C12H15NO5/c1-13(6-2-3-11(16)17)12(18)8-4-5-9(14)10(15)7-8/h4-5,7,14-15H,2-3,6H2,1H3,(H,16,17). The van der Waals surface area contributed by atoms with Crippen molar-refractivity contribution in [2.24, 2.45) is 0 Å². The molecule has 18 heavy (non-hydrogen) atoms. The highest BCUT2D eigenvalue weighted by molar-refractivity contribution is 5.94. The van der Waals surface area contributed by atoms with Crippen LogP contribution in [-0.2, 0) is 4.79 Å². The molecule has 0 bridgehead atoms. The van der Waals surface area contributed by atoms with Gasteiger partial charge in [0.2, 0.25) is 0 Å². The van der Waals surface area contributed by atoms with E-state index in [4.69, 9.17) is 10.2 Å². The Balaban J connectivity index is 2.62. The summed E-state index contributed by atoms with van der Waals surface area (Å²) in [6.45, 7) is 0.312. The first kappa shape index (κ1) is 13.8. The second-order valence-corrected chi connectivity index (χ2v) is 3.93. The molecule has 0 unspecified atom stereocenters. The Morgan fingerprint density at radius 3 is 2.44 bits per heavy atom. The van der Waals surface area contributed by atoms with Crippen molar-refractivity contribution in [3.8, 4) is 11.5 Å². The van der Waals surface area contributed by atoms with E-state index >= 15 is 0 Å². The molecule has 0 aliphatic heterocycles. The third kappa shape index (κ3) is 3.65. The van der Waals surface area contributed by atoms with Crippen LogP contribution in [0.3, 0.4) is 0 Å². The van der Waals surface area contributed by atoms with Crippen molar-refractivity contribution in [1.82, 2.24) is 4.90 Å². The number of carbonyl (C=O) groups is 2. The van der Waals surface area contributed by atoms with Gasteiger partial charge in [-0.1, -0.05) is 0 Å². The molecule has 1 aromatic rings. The van der Waals surface area contributed by atoms with Gasteiger partial charge in [-0.15, -0.1) is 0 Å². The fourth-order valence-corrected chi connectivity index (χ4v) is 1.45. The van der Waals surface area contributed by atoms with Crippen LogP contribution in [0, 0.1) is 0 Å². The van der Waals surface area contributed by atoms with Crippen LogP contribution >= 0.6 is 0 Å². The fourth-order valence-electron chi connectivity index (χ4n) is 1.45. The Kier molecular flexibility index (Phi) is 4.53. The number of carboxylic acid groups (broad SMARTS) is 1. The smallest absolute Gasteiger partial charge is 0.303 e. The van der Waals surface area contributed by atoms with Crippen LogP contribution in [0.25, 0.3) is 0 Å². The molecule has 1 aromatic carbocycles. The van der Waals surface area contributed by atoms with Gasteiger partial charge < -0.3 is 20.2 Å². The number of hydrogen-bond donors (Lipinski definition) is 3. The van der Waals surface area contributed by atoms with Crippen molar-refractivity contribution in [3.63, 3.8) is 0 Å². The average molecular weight is 253 g/mol. The summed E-state index contributed by atoms with van der Waals surface area (Å²) >= 11 is 0. The predicted molar refractivity (Wildman–Crippen MR) is 63.6 cm³/mol. The van der Waals surface area contributed by atoms with E-state index in [0.717, 1.165) is 0 Å². The maximum atomic E-state index is 11.9. The van der Waals surface area contributed by atoms with Gasteiger partial charge in [-0.25, -0.2) is 0 Å². The number of aromatic hydroxyl groups is 2. The molecule has 6 heteroatoms. The average Bonchev–Trinajstić information content (AvgIpc) is 2.31. The molecule has 0 fully saturated rings. The van der Waals surface area contributed by atoms with Crippen LogP contribution in [0.15, 0.2) is 18.2 Å². The third-order valence-electron chi connectivity index (χ3n) is 2.45. The number of carboxylic acids is 1. The number of phenolic OH excluding ortho intramolecular Hbond substituents is 2. The summed E-state index contributed by atoms with van der Waals surface area (Å²) in [5.74, 6) is -1.89. The lowest BCUT2D eigenvalue weighted by Gasteiger charge is -2.16. The van der Waals surface area contributed by atoms with Crippen LogP contribution in [0.2, 0.25) is 0 Å². The van der Waals surface area contributed by atoms with Gasteiger partial charge in [0.15, 0.2) is 11.5 Å². The first-order chi connectivity index (χ1) is 8.41. The number of amides is 1. The van der Waals surface area contributed by atoms with E-state index in [1.54, 1.807) is 7.05 Å². The maximum absolute atomic E-state index is 11.9. The highest BCUT2D eigenvalue weighted by atomic mass is 16.4. The van der Waals surface area contributed by atoms with Crippen LogP contribution in [-0.4, -0.2) is 45.7 Å². The van der Waals surface area contributed by atoms with Gasteiger partial charge >= 0.3 is 5.97 Å². The lowest BCUT2D eigenvalue weighted by molar-refractivity contribution is -0.137. The van der Waals surface area contributed by atoms with Crippen molar-refractivity contribution >= 4 is 11.9 Å². The monoisotopic (exact) mass is 253 g/mol. The number of phenols is 2. The molecule has 0 atom stereocenters. The van der Waals surface area contributed by atoms with E-state index in [0.29, 0.717) is 13.0 Å². The van der Waals surface area contributed by atoms with Gasteiger partial charge in [0, 0.05) is 25.6 Å². The minimum atomic E-state index is -0.905. The van der Waals surface area contributed by atoms with Gasteiger partial charge in [0.05, 0.1) is 0 Å². The second-order valence-electron chi connectivity index (χ2n) is 3.93. The largest absolute Gasteiger partial charge is 0.504 e. The van der Waals surface area contributed by atoms with E-state index in [1.807, 2.05) is 0 Å². The topological polar surface area (TPSA) is 98.1 Å². The molecule has 3 N–H and O–H groups in total. The maximum Gasteiger partial charge on any atom is 0.303 e. The molecule has 0 saturated carbocycles. The second kappa shape index (κ2) is 5.90. The van der Waals surface area contributed by atoms with Crippen molar-refractivity contribution in [2.45, 2.75) is 12.8 Å². The summed E-state index contributed by atoms with van der Waals surface area (Å²) < 4.78 is 0. The molecule has 0 aliphatic rings. The molecule has 6 nitrogen and oxygen atoms in total. The summed E-state index contributed by atoms with van der Waals surface area (Å²) in [5.41, 5.74) is 0.239. The molecule has 0 radical (unpaired) electrons. The third-order valence-corrected chi connectivity index (χ3v) is 2.45. The number of nitrogens with zero attached hydrogens (tertiary/aromatic N) is 1. The van der Waals surface area contributed by atoms with Crippen molar-refractivity contribution < 1.29 is 24.9 Å². The summed E-state index contributed by atoms with van der Waals surface area (Å²) in [6.07, 6.45) is 0.361. The Morgan fingerprint density at radius 2 is 1.89 bits per heavy atom. The van der Waals surface area contributed by atoms with Gasteiger partial charge in [0.25, 0.3) is 5.91 Å². The number of benzene rings is 1. The van der Waals surface area contributed by atoms with Crippen molar-refractivity contribution in [1.29, 1.82) is 0 Å². The lowest BCUT2D eigenvalue weighted by Crippen LogP contribution is -2.28. The SMILES string of the molecule is CN(CCCC(=O)O)C(=O)c1ccc(O)c(O)c1. The summed E-state index contributed by atoms with van der Waals surface area (Å²) in [7, 11) is 1.55. The van der Waals surface area contributed by atoms with E-state index in [1.165, 1.54) is 23.1 Å². The van der Waals surface area contributed by atoms with E-state index in [9.17, 15) is 14.7 Å². The van der Waals surface area contributed by atoms with Crippen molar-refractivity contribution in [3.05, 3.63) is 23.8 Å². The van der Waals surface area contributed by atoms with Gasteiger partial charge in [-0.3, -0.25) is 9.59 Å². The van der Waals surface area contributed by atoms with Crippen LogP contribution < -0.4 is 0 Å². The molecule has 1 amide bonds. The zero-order valence-electron chi connectivity index (χ0n) is 9.96. The number of hydrogen-bond acceptors (Lipinski definition) is 4. The number of carbonyl (C=O) groups excluding carboxylic acids is 1. The molecular formula is C12H15NO5. The Morgan fingerprint density at radius 1 is 1.22 bits per heavy atom. The highest BCUT2D eigenvalue weighted by Gasteiger charge is 2.13. The normalized spacial score (nSPS) is 10.1. The predicted octanol–water partition coefficient (Wildman–Crippen LogP) is 1.03. The molecule has 98 valence electrons. The van der Waals surface area contributed by atoms with Crippen LogP contribution in [0.1, 0.15) is 23.2 Å². The van der Waals surface area contributed by atoms with Gasteiger partial charge in [-0.2, -0.15) is 0 Å². The Bertz CT molecular complexity index is 458. The molecule has 0 saturated heterocycles. The number of aliphatic carboxylic acids is 1. The fraction of sp³-hybridized carbons (Fsp3) is 0.333. The number of rotatable bonds is 5. The molecule has 0 aromatic heterocycles. The molecule has 0 aliphatic carbocycles. The summed E-state index contributed by atoms with van der Waals surface area (Å²) in [4.78, 5) is 23.6. The van der Waals surface area contributed by atoms with E-state index in [2.05, 4.69) is 0 Å². The lowest BCUT2D eigenvalue weighted by atomic mass is 10.1. The molecular weight excluding hydrogens is 238 g/mol.